The number of carbonyl (C=O) groups is 1. The van der Waals surface area contributed by atoms with Crippen molar-refractivity contribution in [3.63, 3.8) is 0 Å². The Balaban J connectivity index is 4.15. The lowest BCUT2D eigenvalue weighted by atomic mass is 9.99. The largest absolute Gasteiger partial charge is 0.395 e. The van der Waals surface area contributed by atoms with E-state index in [9.17, 15) is 4.79 Å². The van der Waals surface area contributed by atoms with Gasteiger partial charge in [-0.25, -0.2) is 0 Å². The molecule has 0 aromatic heterocycles. The number of aliphatic hydroxyl groups is 2. The summed E-state index contributed by atoms with van der Waals surface area (Å²) in [7, 11) is 0. The number of rotatable bonds is 15. The average Bonchev–Trinajstić information content (AvgIpc) is 2.61. The minimum atomic E-state index is -0.0646. The Morgan fingerprint density at radius 2 is 1.36 bits per heavy atom. The highest BCUT2D eigenvalue weighted by Gasteiger charge is 2.15. The first kappa shape index (κ1) is 26.6. The lowest BCUT2D eigenvalue weighted by molar-refractivity contribution is -0.133. The van der Waals surface area contributed by atoms with E-state index in [1.165, 1.54) is 16.7 Å². The standard InChI is InChI=1S/C24H43NO3/c1-20(2)9-6-10-21(3)11-7-12-22(4)13-8-14-23(5)19-24(28)25(15-17-26)16-18-27/h9,11,13,23,26-27H,6-8,10,12,14-19H2,1-5H3. The molecule has 4 heteroatoms. The number of nitrogens with zero attached hydrogens (tertiary/aromatic N) is 1. The fourth-order valence-electron chi connectivity index (χ4n) is 3.09. The average molecular weight is 394 g/mol. The highest BCUT2D eigenvalue weighted by atomic mass is 16.3. The Bertz CT molecular complexity index is 510. The van der Waals surface area contributed by atoms with E-state index in [1.54, 1.807) is 4.90 Å². The van der Waals surface area contributed by atoms with Gasteiger partial charge in [0, 0.05) is 19.5 Å². The molecule has 0 aliphatic heterocycles. The first-order valence-electron chi connectivity index (χ1n) is 10.7. The third kappa shape index (κ3) is 14.6. The first-order chi connectivity index (χ1) is 13.3. The smallest absolute Gasteiger partial charge is 0.222 e. The first-order valence-corrected chi connectivity index (χ1v) is 10.7. The summed E-state index contributed by atoms with van der Waals surface area (Å²) in [5.74, 6) is 0.318. The monoisotopic (exact) mass is 393 g/mol. The molecule has 162 valence electrons. The van der Waals surface area contributed by atoms with Gasteiger partial charge in [0.25, 0.3) is 0 Å². The van der Waals surface area contributed by atoms with Gasteiger partial charge in [0.15, 0.2) is 0 Å². The number of amides is 1. The van der Waals surface area contributed by atoms with Crippen molar-refractivity contribution in [2.75, 3.05) is 26.3 Å². The van der Waals surface area contributed by atoms with Crippen LogP contribution in [-0.2, 0) is 4.79 Å². The number of hydrogen-bond donors (Lipinski definition) is 2. The van der Waals surface area contributed by atoms with Gasteiger partial charge in [-0.1, -0.05) is 41.9 Å². The van der Waals surface area contributed by atoms with Crippen LogP contribution in [0.5, 0.6) is 0 Å². The van der Waals surface area contributed by atoms with E-state index >= 15 is 0 Å². The van der Waals surface area contributed by atoms with Crippen molar-refractivity contribution in [1.29, 1.82) is 0 Å². The molecule has 0 heterocycles. The summed E-state index contributed by atoms with van der Waals surface area (Å²) >= 11 is 0. The van der Waals surface area contributed by atoms with Crippen molar-refractivity contribution in [2.45, 2.75) is 79.6 Å². The second-order valence-corrected chi connectivity index (χ2v) is 8.17. The van der Waals surface area contributed by atoms with Crippen LogP contribution in [0.1, 0.15) is 79.6 Å². The van der Waals surface area contributed by atoms with E-state index in [-0.39, 0.29) is 19.1 Å². The highest BCUT2D eigenvalue weighted by Crippen LogP contribution is 2.16. The summed E-state index contributed by atoms with van der Waals surface area (Å²) in [6.45, 7) is 11.2. The Kier molecular flexibility index (Phi) is 15.7. The fraction of sp³-hybridized carbons (Fsp3) is 0.708. The molecule has 0 aromatic carbocycles. The molecule has 1 amide bonds. The Morgan fingerprint density at radius 3 is 1.86 bits per heavy atom. The summed E-state index contributed by atoms with van der Waals surface area (Å²) in [4.78, 5) is 13.8. The zero-order valence-corrected chi connectivity index (χ0v) is 18.8. The zero-order valence-electron chi connectivity index (χ0n) is 18.8. The number of hydrogen-bond acceptors (Lipinski definition) is 3. The van der Waals surface area contributed by atoms with Crippen LogP contribution in [0.4, 0.5) is 0 Å². The molecule has 0 aliphatic rings. The van der Waals surface area contributed by atoms with Gasteiger partial charge in [-0.2, -0.15) is 0 Å². The lowest BCUT2D eigenvalue weighted by Crippen LogP contribution is -2.36. The molecule has 0 saturated heterocycles. The summed E-state index contributed by atoms with van der Waals surface area (Å²) in [5, 5.41) is 18.1. The van der Waals surface area contributed by atoms with Gasteiger partial charge in [-0.3, -0.25) is 4.79 Å². The number of carbonyl (C=O) groups excluding carboxylic acids is 1. The maximum absolute atomic E-state index is 12.2. The van der Waals surface area contributed by atoms with Crippen LogP contribution in [0.3, 0.4) is 0 Å². The molecule has 1 unspecified atom stereocenters. The minimum absolute atomic E-state index is 0.0185. The molecule has 0 spiro atoms. The van der Waals surface area contributed by atoms with Gasteiger partial charge in [-0.05, 0) is 72.1 Å². The van der Waals surface area contributed by atoms with Crippen molar-refractivity contribution in [3.8, 4) is 0 Å². The quantitative estimate of drug-likeness (QED) is 0.384. The highest BCUT2D eigenvalue weighted by molar-refractivity contribution is 5.76. The van der Waals surface area contributed by atoms with E-state index in [2.05, 4.69) is 52.8 Å². The molecule has 0 rings (SSSR count). The van der Waals surface area contributed by atoms with Gasteiger partial charge < -0.3 is 15.1 Å². The van der Waals surface area contributed by atoms with Crippen molar-refractivity contribution in [2.24, 2.45) is 5.92 Å². The lowest BCUT2D eigenvalue weighted by Gasteiger charge is -2.22. The summed E-state index contributed by atoms with van der Waals surface area (Å²) in [5.41, 5.74) is 4.26. The van der Waals surface area contributed by atoms with Crippen LogP contribution in [0.2, 0.25) is 0 Å². The van der Waals surface area contributed by atoms with Gasteiger partial charge in [-0.15, -0.1) is 0 Å². The molecule has 28 heavy (non-hydrogen) atoms. The van der Waals surface area contributed by atoms with Crippen molar-refractivity contribution in [1.82, 2.24) is 4.90 Å². The SMILES string of the molecule is CC(C)=CCCC(C)=CCCC(C)=CCCC(C)CC(=O)N(CCO)CCO. The van der Waals surface area contributed by atoms with E-state index in [0.717, 1.165) is 38.5 Å². The molecule has 0 fully saturated rings. The molecular formula is C24H43NO3. The maximum Gasteiger partial charge on any atom is 0.222 e. The molecule has 0 saturated carbocycles. The minimum Gasteiger partial charge on any atom is -0.395 e. The predicted molar refractivity (Wildman–Crippen MR) is 119 cm³/mol. The van der Waals surface area contributed by atoms with Crippen molar-refractivity contribution in [3.05, 3.63) is 34.9 Å². The number of aliphatic hydroxyl groups excluding tert-OH is 2. The molecule has 2 N–H and O–H groups in total. The zero-order chi connectivity index (χ0) is 21.4. The van der Waals surface area contributed by atoms with Gasteiger partial charge >= 0.3 is 0 Å². The normalized spacial score (nSPS) is 13.4. The predicted octanol–water partition coefficient (Wildman–Crippen LogP) is 5.03. The van der Waals surface area contributed by atoms with Crippen molar-refractivity contribution >= 4 is 5.91 Å². The maximum atomic E-state index is 12.2. The van der Waals surface area contributed by atoms with Crippen LogP contribution >= 0.6 is 0 Å². The van der Waals surface area contributed by atoms with E-state index in [1.807, 2.05) is 0 Å². The molecule has 0 aliphatic carbocycles. The van der Waals surface area contributed by atoms with Gasteiger partial charge in [0.2, 0.25) is 5.91 Å². The number of allylic oxidation sites excluding steroid dienone is 6. The van der Waals surface area contributed by atoms with Crippen LogP contribution in [-0.4, -0.2) is 47.3 Å². The summed E-state index contributed by atoms with van der Waals surface area (Å²) < 4.78 is 0. The van der Waals surface area contributed by atoms with Crippen LogP contribution in [0.15, 0.2) is 34.9 Å². The van der Waals surface area contributed by atoms with Crippen LogP contribution in [0.25, 0.3) is 0 Å². The molecule has 0 radical (unpaired) electrons. The van der Waals surface area contributed by atoms with Crippen LogP contribution < -0.4 is 0 Å². The molecule has 0 aromatic rings. The summed E-state index contributed by atoms with van der Waals surface area (Å²) in [6, 6.07) is 0. The van der Waals surface area contributed by atoms with Gasteiger partial charge in [0.05, 0.1) is 13.2 Å². The van der Waals surface area contributed by atoms with E-state index < -0.39 is 0 Å². The van der Waals surface area contributed by atoms with E-state index in [0.29, 0.717) is 25.4 Å². The topological polar surface area (TPSA) is 60.8 Å². The second kappa shape index (κ2) is 16.6. The molecule has 0 bridgehead atoms. The fourth-order valence-corrected chi connectivity index (χ4v) is 3.09. The van der Waals surface area contributed by atoms with Crippen molar-refractivity contribution < 1.29 is 15.0 Å². The molecule has 1 atom stereocenters. The second-order valence-electron chi connectivity index (χ2n) is 8.17. The molecular weight excluding hydrogens is 350 g/mol. The van der Waals surface area contributed by atoms with Crippen LogP contribution in [0, 0.1) is 5.92 Å². The Hall–Kier alpha value is -1.39. The Morgan fingerprint density at radius 1 is 0.857 bits per heavy atom. The summed E-state index contributed by atoms with van der Waals surface area (Å²) in [6.07, 6.45) is 13.8. The third-order valence-electron chi connectivity index (χ3n) is 4.89. The third-order valence-corrected chi connectivity index (χ3v) is 4.89. The molecule has 4 nitrogen and oxygen atoms in total. The Labute approximate surface area is 173 Å². The van der Waals surface area contributed by atoms with E-state index in [4.69, 9.17) is 10.2 Å². The van der Waals surface area contributed by atoms with Gasteiger partial charge in [0.1, 0.15) is 0 Å².